The molecule has 3 aromatic rings. The van der Waals surface area contributed by atoms with Crippen molar-refractivity contribution in [3.63, 3.8) is 0 Å². The third-order valence-corrected chi connectivity index (χ3v) is 6.01. The van der Waals surface area contributed by atoms with E-state index < -0.39 is 34.9 Å². The van der Waals surface area contributed by atoms with Crippen LogP contribution in [0.25, 0.3) is 0 Å². The molecule has 0 saturated heterocycles. The minimum absolute atomic E-state index is 0.0306. The van der Waals surface area contributed by atoms with E-state index in [1.165, 1.54) is 6.07 Å². The molecular formula is C24H27F2N5O4. The molecule has 0 unspecified atom stereocenters. The van der Waals surface area contributed by atoms with Gasteiger partial charge in [0.1, 0.15) is 6.04 Å². The first kappa shape index (κ1) is 24.5. The Hall–Kier alpha value is -3.60. The number of hydrogen-bond acceptors (Lipinski definition) is 6. The van der Waals surface area contributed by atoms with E-state index in [2.05, 4.69) is 15.5 Å². The average Bonchev–Trinajstić information content (AvgIpc) is 3.51. The maximum absolute atomic E-state index is 13.9. The monoisotopic (exact) mass is 487 g/mol. The minimum atomic E-state index is -0.911. The summed E-state index contributed by atoms with van der Waals surface area (Å²) in [6.07, 6.45) is 7.86. The summed E-state index contributed by atoms with van der Waals surface area (Å²) in [7, 11) is 0. The van der Waals surface area contributed by atoms with Crippen LogP contribution in [0.4, 0.5) is 14.6 Å². The molecule has 35 heavy (non-hydrogen) atoms. The van der Waals surface area contributed by atoms with Gasteiger partial charge in [-0.15, -0.1) is 0 Å². The highest BCUT2D eigenvalue weighted by molar-refractivity contribution is 5.92. The number of aliphatic hydroxyl groups is 1. The number of rotatable bonds is 10. The summed E-state index contributed by atoms with van der Waals surface area (Å²) < 4.78 is 35.7. The van der Waals surface area contributed by atoms with E-state index in [4.69, 9.17) is 9.84 Å². The smallest absolute Gasteiger partial charge is 0.271 e. The van der Waals surface area contributed by atoms with Crippen LogP contribution in [0, 0.1) is 17.6 Å². The summed E-state index contributed by atoms with van der Waals surface area (Å²) >= 11 is 0. The molecule has 2 aromatic heterocycles. The lowest BCUT2D eigenvalue weighted by atomic mass is 9.98. The fraction of sp³-hybridized carbons (Fsp3) is 0.417. The van der Waals surface area contributed by atoms with Crippen LogP contribution >= 0.6 is 0 Å². The fourth-order valence-electron chi connectivity index (χ4n) is 4.26. The zero-order valence-corrected chi connectivity index (χ0v) is 19.1. The van der Waals surface area contributed by atoms with Crippen LogP contribution in [0.5, 0.6) is 11.5 Å². The minimum Gasteiger partial charge on any atom is -0.449 e. The summed E-state index contributed by atoms with van der Waals surface area (Å²) in [4.78, 5) is 26.1. The molecule has 186 valence electrons. The third-order valence-electron chi connectivity index (χ3n) is 6.01. The van der Waals surface area contributed by atoms with Crippen LogP contribution in [0.3, 0.4) is 0 Å². The Labute approximate surface area is 200 Å². The molecule has 0 aliphatic heterocycles. The molecular weight excluding hydrogens is 460 g/mol. The quantitative estimate of drug-likeness (QED) is 0.452. The highest BCUT2D eigenvalue weighted by Crippen LogP contribution is 2.32. The van der Waals surface area contributed by atoms with Crippen LogP contribution in [0.15, 0.2) is 47.5 Å². The molecule has 1 aromatic carbocycles. The maximum atomic E-state index is 13.9. The Morgan fingerprint density at radius 1 is 1.23 bits per heavy atom. The van der Waals surface area contributed by atoms with Crippen molar-refractivity contribution in [3.8, 4) is 11.5 Å². The van der Waals surface area contributed by atoms with Gasteiger partial charge in [0.25, 0.3) is 11.5 Å². The Morgan fingerprint density at radius 3 is 2.66 bits per heavy atom. The highest BCUT2D eigenvalue weighted by atomic mass is 19.1. The van der Waals surface area contributed by atoms with E-state index in [-0.39, 0.29) is 18.3 Å². The highest BCUT2D eigenvalue weighted by Gasteiger charge is 2.29. The zero-order chi connectivity index (χ0) is 24.8. The average molecular weight is 488 g/mol. The molecule has 1 amide bonds. The molecule has 0 spiro atoms. The van der Waals surface area contributed by atoms with Gasteiger partial charge in [-0.3, -0.25) is 14.3 Å². The molecule has 1 atom stereocenters. The molecule has 0 bridgehead atoms. The van der Waals surface area contributed by atoms with Crippen LogP contribution in [0.2, 0.25) is 0 Å². The molecule has 4 rings (SSSR count). The van der Waals surface area contributed by atoms with Crippen LogP contribution in [-0.4, -0.2) is 37.2 Å². The lowest BCUT2D eigenvalue weighted by molar-refractivity contribution is -0.120. The zero-order valence-electron chi connectivity index (χ0n) is 19.1. The van der Waals surface area contributed by atoms with E-state index in [1.807, 2.05) is 0 Å². The normalized spacial score (nSPS) is 14.7. The first-order valence-electron chi connectivity index (χ1n) is 11.6. The summed E-state index contributed by atoms with van der Waals surface area (Å²) in [5.74, 6) is -2.44. The van der Waals surface area contributed by atoms with Gasteiger partial charge in [-0.2, -0.15) is 10.2 Å². The number of benzene rings is 1. The number of para-hydroxylation sites is 1. The van der Waals surface area contributed by atoms with E-state index in [0.717, 1.165) is 54.8 Å². The number of carbonyl (C=O) groups is 1. The second-order valence-corrected chi connectivity index (χ2v) is 8.56. The maximum Gasteiger partial charge on any atom is 0.271 e. The molecule has 2 heterocycles. The predicted molar refractivity (Wildman–Crippen MR) is 123 cm³/mol. The molecule has 2 N–H and O–H groups in total. The van der Waals surface area contributed by atoms with Crippen molar-refractivity contribution < 1.29 is 23.4 Å². The topological polar surface area (TPSA) is 111 Å². The van der Waals surface area contributed by atoms with Crippen molar-refractivity contribution in [2.24, 2.45) is 5.92 Å². The predicted octanol–water partition coefficient (Wildman–Crippen LogP) is 3.65. The molecule has 11 heteroatoms. The largest absolute Gasteiger partial charge is 0.449 e. The number of aliphatic hydroxyl groups excluding tert-OH is 1. The summed E-state index contributed by atoms with van der Waals surface area (Å²) in [5.41, 5.74) is -0.633. The Balaban J connectivity index is 1.55. The van der Waals surface area contributed by atoms with Gasteiger partial charge in [0.15, 0.2) is 29.0 Å². The molecule has 1 saturated carbocycles. The van der Waals surface area contributed by atoms with E-state index in [9.17, 15) is 18.4 Å². The number of carbonyl (C=O) groups excluding carboxylic acids is 1. The van der Waals surface area contributed by atoms with Gasteiger partial charge in [-0.1, -0.05) is 31.7 Å². The molecule has 1 fully saturated rings. The third kappa shape index (κ3) is 6.10. The first-order valence-corrected chi connectivity index (χ1v) is 11.6. The van der Waals surface area contributed by atoms with Gasteiger partial charge >= 0.3 is 0 Å². The van der Waals surface area contributed by atoms with Gasteiger partial charge in [-0.25, -0.2) is 13.5 Å². The summed E-state index contributed by atoms with van der Waals surface area (Å²) in [5, 5.41) is 20.1. The van der Waals surface area contributed by atoms with Crippen molar-refractivity contribution in [2.45, 2.75) is 51.1 Å². The molecule has 1 aliphatic carbocycles. The number of aryl methyl sites for hydroxylation is 1. The summed E-state index contributed by atoms with van der Waals surface area (Å²) in [6.45, 7) is 0.534. The number of ether oxygens (including phenoxy) is 1. The van der Waals surface area contributed by atoms with Crippen molar-refractivity contribution in [2.75, 3.05) is 11.9 Å². The van der Waals surface area contributed by atoms with Crippen LogP contribution in [0.1, 0.15) is 44.6 Å². The second-order valence-electron chi connectivity index (χ2n) is 8.56. The van der Waals surface area contributed by atoms with Crippen molar-refractivity contribution >= 4 is 11.7 Å². The number of anilines is 1. The van der Waals surface area contributed by atoms with E-state index >= 15 is 0 Å². The molecule has 1 aliphatic rings. The standard InChI is InChI=1S/C24H27F2N5O4/c25-18-7-3-8-19(26)23(18)35-17-14-22(33)31(27-15-17)20(13-16-5-1-2-6-16)24(34)28-21-9-11-30(29-21)10-4-12-32/h3,7-9,11,14-16,20,32H,1-2,4-6,10,12-13H2,(H,28,29,34)/t20-/m1/s1. The SMILES string of the molecule is O=C(Nc1ccn(CCCO)n1)[C@@H](CC1CCCC1)n1ncc(Oc2c(F)cccc2F)cc1=O. The molecule has 9 nitrogen and oxygen atoms in total. The van der Waals surface area contributed by atoms with E-state index in [0.29, 0.717) is 25.2 Å². The number of nitrogens with zero attached hydrogens (tertiary/aromatic N) is 4. The molecule has 0 radical (unpaired) electrons. The Bertz CT molecular complexity index is 1200. The summed E-state index contributed by atoms with van der Waals surface area (Å²) in [6, 6.07) is 5.08. The lowest BCUT2D eigenvalue weighted by Gasteiger charge is -2.21. The Morgan fingerprint density at radius 2 is 1.97 bits per heavy atom. The first-order chi connectivity index (χ1) is 16.9. The van der Waals surface area contributed by atoms with Crippen LogP contribution < -0.4 is 15.6 Å². The van der Waals surface area contributed by atoms with Gasteiger partial charge in [0.2, 0.25) is 0 Å². The number of aromatic nitrogens is 4. The number of halogens is 2. The Kier molecular flexibility index (Phi) is 7.86. The number of hydrogen-bond donors (Lipinski definition) is 2. The van der Waals surface area contributed by atoms with Gasteiger partial charge in [0, 0.05) is 31.5 Å². The van der Waals surface area contributed by atoms with Gasteiger partial charge in [-0.05, 0) is 30.9 Å². The van der Waals surface area contributed by atoms with Crippen LogP contribution in [-0.2, 0) is 11.3 Å². The number of amides is 1. The van der Waals surface area contributed by atoms with Crippen molar-refractivity contribution in [1.29, 1.82) is 0 Å². The second kappa shape index (κ2) is 11.2. The fourth-order valence-corrected chi connectivity index (χ4v) is 4.26. The lowest BCUT2D eigenvalue weighted by Crippen LogP contribution is -2.36. The number of nitrogens with one attached hydrogen (secondary N) is 1. The van der Waals surface area contributed by atoms with Gasteiger partial charge < -0.3 is 15.2 Å². The van der Waals surface area contributed by atoms with Crippen molar-refractivity contribution in [3.05, 3.63) is 64.7 Å². The van der Waals surface area contributed by atoms with Gasteiger partial charge in [0.05, 0.1) is 6.20 Å². The van der Waals surface area contributed by atoms with E-state index in [1.54, 1.807) is 16.9 Å². The van der Waals surface area contributed by atoms with Crippen molar-refractivity contribution in [1.82, 2.24) is 19.6 Å².